The van der Waals surface area contributed by atoms with E-state index >= 15 is 0 Å². The van der Waals surface area contributed by atoms with Crippen LogP contribution in [0.4, 0.5) is 0 Å². The number of carbonyl (C=O) groups excluding carboxylic acids is 1. The van der Waals surface area contributed by atoms with Crippen molar-refractivity contribution in [2.24, 2.45) is 0 Å². The third-order valence-corrected chi connectivity index (χ3v) is 2.86. The topological polar surface area (TPSA) is 66.4 Å². The molecule has 0 aromatic heterocycles. The zero-order valence-electron chi connectivity index (χ0n) is 9.97. The summed E-state index contributed by atoms with van der Waals surface area (Å²) in [5.74, 6) is 0.215. The van der Waals surface area contributed by atoms with Gasteiger partial charge in [0, 0.05) is 34.9 Å². The smallest absolute Gasteiger partial charge is 0.251 e. The predicted molar refractivity (Wildman–Crippen MR) is 68.2 cm³/mol. The second kappa shape index (κ2) is 6.51. The molecule has 1 aromatic carbocycles. The molecule has 4 nitrogen and oxygen atoms in total. The number of nitrogens with one attached hydrogen (secondary N) is 1. The molecule has 0 aliphatic heterocycles. The lowest BCUT2D eigenvalue weighted by molar-refractivity contribution is 0.0924. The van der Waals surface area contributed by atoms with Crippen molar-refractivity contribution in [2.45, 2.75) is 18.8 Å². The van der Waals surface area contributed by atoms with Gasteiger partial charge in [-0.2, -0.15) is 0 Å². The Morgan fingerprint density at radius 3 is 2.82 bits per heavy atom. The first-order valence-electron chi connectivity index (χ1n) is 5.34. The maximum absolute atomic E-state index is 11.7. The van der Waals surface area contributed by atoms with Crippen LogP contribution < -0.4 is 5.32 Å². The lowest BCUT2D eigenvalue weighted by Crippen LogP contribution is -2.30. The fourth-order valence-electron chi connectivity index (χ4n) is 1.38. The molecule has 1 aromatic rings. The van der Waals surface area contributed by atoms with Crippen LogP contribution in [0.5, 0.6) is 0 Å². The molecular weight excluding hydrogens is 238 g/mol. The predicted octanol–water partition coefficient (Wildman–Crippen LogP) is 0.676. The van der Waals surface area contributed by atoms with E-state index in [1.807, 2.05) is 6.07 Å². The molecule has 0 fully saturated rings. The fraction of sp³-hybridized carbons (Fsp3) is 0.417. The van der Waals surface area contributed by atoms with Crippen molar-refractivity contribution < 1.29 is 14.1 Å². The van der Waals surface area contributed by atoms with Crippen LogP contribution in [0.15, 0.2) is 24.3 Å². The summed E-state index contributed by atoms with van der Waals surface area (Å²) in [6, 6.07) is 7.02. The molecule has 5 heteroatoms. The minimum Gasteiger partial charge on any atom is -0.392 e. The lowest BCUT2D eigenvalue weighted by Gasteiger charge is -2.08. The number of aliphatic hydroxyl groups excluding tert-OH is 1. The minimum atomic E-state index is -0.921. The van der Waals surface area contributed by atoms with Gasteiger partial charge in [-0.15, -0.1) is 0 Å². The Labute approximate surface area is 104 Å². The molecule has 17 heavy (non-hydrogen) atoms. The number of aliphatic hydroxyl groups is 1. The molecule has 0 aliphatic carbocycles. The lowest BCUT2D eigenvalue weighted by atomic mass is 10.1. The summed E-state index contributed by atoms with van der Waals surface area (Å²) < 4.78 is 11.1. The maximum Gasteiger partial charge on any atom is 0.251 e. The average Bonchev–Trinajstić information content (AvgIpc) is 2.25. The van der Waals surface area contributed by atoms with Gasteiger partial charge in [0.25, 0.3) is 5.91 Å². The van der Waals surface area contributed by atoms with Crippen molar-refractivity contribution in [3.8, 4) is 0 Å². The van der Waals surface area contributed by atoms with Gasteiger partial charge in [0.05, 0.1) is 6.10 Å². The Morgan fingerprint density at radius 2 is 2.24 bits per heavy atom. The standard InChI is InChI=1S/C12H17NO3S/c1-9(14)7-13-12(15)11-5-3-4-10(6-11)8-17(2)16/h3-6,9,14H,7-8H2,1-2H3,(H,13,15). The SMILES string of the molecule is CC(O)CNC(=O)c1cccc(CS(C)=O)c1. The van der Waals surface area contributed by atoms with E-state index in [9.17, 15) is 9.00 Å². The number of hydrogen-bond acceptors (Lipinski definition) is 3. The van der Waals surface area contributed by atoms with Crippen LogP contribution in [0.25, 0.3) is 0 Å². The van der Waals surface area contributed by atoms with Gasteiger partial charge in [-0.1, -0.05) is 12.1 Å². The Bertz CT molecular complexity index is 418. The summed E-state index contributed by atoms with van der Waals surface area (Å²) in [6.07, 6.45) is 1.06. The number of hydrogen-bond donors (Lipinski definition) is 2. The summed E-state index contributed by atoms with van der Waals surface area (Å²) in [4.78, 5) is 11.7. The highest BCUT2D eigenvalue weighted by atomic mass is 32.2. The Morgan fingerprint density at radius 1 is 1.53 bits per heavy atom. The third-order valence-electron chi connectivity index (χ3n) is 2.12. The number of amides is 1. The number of rotatable bonds is 5. The van der Waals surface area contributed by atoms with Gasteiger partial charge in [-0.3, -0.25) is 9.00 Å². The van der Waals surface area contributed by atoms with Gasteiger partial charge in [-0.25, -0.2) is 0 Å². The van der Waals surface area contributed by atoms with E-state index < -0.39 is 16.9 Å². The third kappa shape index (κ3) is 5.10. The molecule has 0 spiro atoms. The number of carbonyl (C=O) groups is 1. The van der Waals surface area contributed by atoms with Gasteiger partial charge < -0.3 is 10.4 Å². The highest BCUT2D eigenvalue weighted by Crippen LogP contribution is 2.07. The van der Waals surface area contributed by atoms with Crippen LogP contribution in [-0.4, -0.2) is 34.1 Å². The second-order valence-electron chi connectivity index (χ2n) is 3.98. The molecule has 2 atom stereocenters. The summed E-state index contributed by atoms with van der Waals surface area (Å²) >= 11 is 0. The van der Waals surface area contributed by atoms with Crippen molar-refractivity contribution in [3.63, 3.8) is 0 Å². The second-order valence-corrected chi connectivity index (χ2v) is 5.41. The van der Waals surface area contributed by atoms with Crippen LogP contribution in [-0.2, 0) is 16.6 Å². The Balaban J connectivity index is 2.70. The van der Waals surface area contributed by atoms with Crippen LogP contribution >= 0.6 is 0 Å². The van der Waals surface area contributed by atoms with Crippen molar-refractivity contribution in [1.82, 2.24) is 5.32 Å². The summed E-state index contributed by atoms with van der Waals surface area (Å²) in [5, 5.41) is 11.7. The van der Waals surface area contributed by atoms with E-state index in [1.165, 1.54) is 0 Å². The van der Waals surface area contributed by atoms with Crippen LogP contribution in [0.1, 0.15) is 22.8 Å². The molecule has 0 bridgehead atoms. The highest BCUT2D eigenvalue weighted by molar-refractivity contribution is 7.83. The molecule has 94 valence electrons. The van der Waals surface area contributed by atoms with E-state index in [2.05, 4.69) is 5.32 Å². The molecule has 1 amide bonds. The summed E-state index contributed by atoms with van der Waals surface area (Å²) in [7, 11) is -0.921. The molecule has 0 radical (unpaired) electrons. The normalized spacial score (nSPS) is 14.1. The Kier molecular flexibility index (Phi) is 5.31. The van der Waals surface area contributed by atoms with E-state index in [0.29, 0.717) is 11.3 Å². The summed E-state index contributed by atoms with van der Waals surface area (Å²) in [5.41, 5.74) is 1.39. The molecular formula is C12H17NO3S. The van der Waals surface area contributed by atoms with Gasteiger partial charge in [-0.05, 0) is 24.6 Å². The van der Waals surface area contributed by atoms with Crippen LogP contribution in [0, 0.1) is 0 Å². The Hall–Kier alpha value is -1.20. The van der Waals surface area contributed by atoms with Crippen LogP contribution in [0.2, 0.25) is 0 Å². The molecule has 2 unspecified atom stereocenters. The molecule has 1 rings (SSSR count). The first-order valence-corrected chi connectivity index (χ1v) is 7.07. The van der Waals surface area contributed by atoms with Crippen LogP contribution in [0.3, 0.4) is 0 Å². The van der Waals surface area contributed by atoms with Crippen molar-refractivity contribution in [3.05, 3.63) is 35.4 Å². The van der Waals surface area contributed by atoms with Crippen molar-refractivity contribution in [1.29, 1.82) is 0 Å². The van der Waals surface area contributed by atoms with E-state index in [1.54, 1.807) is 31.4 Å². The molecule has 0 saturated carbocycles. The molecule has 0 heterocycles. The highest BCUT2D eigenvalue weighted by Gasteiger charge is 2.07. The van der Waals surface area contributed by atoms with E-state index in [4.69, 9.17) is 5.11 Å². The van der Waals surface area contributed by atoms with E-state index in [0.717, 1.165) is 5.56 Å². The first kappa shape index (κ1) is 13.9. The van der Waals surface area contributed by atoms with E-state index in [-0.39, 0.29) is 12.5 Å². The largest absolute Gasteiger partial charge is 0.392 e. The maximum atomic E-state index is 11.7. The molecule has 0 aliphatic rings. The van der Waals surface area contributed by atoms with Gasteiger partial charge in [0.15, 0.2) is 0 Å². The molecule has 2 N–H and O–H groups in total. The molecule has 0 saturated heterocycles. The average molecular weight is 255 g/mol. The quantitative estimate of drug-likeness (QED) is 0.813. The zero-order chi connectivity index (χ0) is 12.8. The van der Waals surface area contributed by atoms with Crippen molar-refractivity contribution in [2.75, 3.05) is 12.8 Å². The minimum absolute atomic E-state index is 0.225. The number of benzene rings is 1. The summed E-state index contributed by atoms with van der Waals surface area (Å²) in [6.45, 7) is 1.83. The van der Waals surface area contributed by atoms with Gasteiger partial charge in [0.2, 0.25) is 0 Å². The monoisotopic (exact) mass is 255 g/mol. The first-order chi connectivity index (χ1) is 7.99. The van der Waals surface area contributed by atoms with Gasteiger partial charge >= 0.3 is 0 Å². The zero-order valence-corrected chi connectivity index (χ0v) is 10.8. The fourth-order valence-corrected chi connectivity index (χ4v) is 2.03. The van der Waals surface area contributed by atoms with Crippen molar-refractivity contribution >= 4 is 16.7 Å². The van der Waals surface area contributed by atoms with Gasteiger partial charge in [0.1, 0.15) is 0 Å².